The highest BCUT2D eigenvalue weighted by molar-refractivity contribution is 7.99. The lowest BCUT2D eigenvalue weighted by Gasteiger charge is -2.21. The van der Waals surface area contributed by atoms with Gasteiger partial charge in [0.05, 0.1) is 11.4 Å². The van der Waals surface area contributed by atoms with E-state index in [4.69, 9.17) is 9.47 Å². The predicted molar refractivity (Wildman–Crippen MR) is 134 cm³/mol. The fourth-order valence-corrected chi connectivity index (χ4v) is 4.75. The molecule has 35 heavy (non-hydrogen) atoms. The predicted octanol–water partition coefficient (Wildman–Crippen LogP) is 4.16. The van der Waals surface area contributed by atoms with Crippen LogP contribution in [-0.2, 0) is 11.3 Å². The molecule has 5 rings (SSSR count). The van der Waals surface area contributed by atoms with E-state index in [0.29, 0.717) is 30.7 Å². The maximum absolute atomic E-state index is 13.0. The van der Waals surface area contributed by atoms with E-state index >= 15 is 0 Å². The van der Waals surface area contributed by atoms with Crippen molar-refractivity contribution in [1.29, 1.82) is 0 Å². The van der Waals surface area contributed by atoms with Crippen molar-refractivity contribution in [2.24, 2.45) is 0 Å². The molecule has 0 unspecified atom stereocenters. The number of thioether (sulfide) groups is 1. The number of ether oxygens (including phenoxy) is 2. The van der Waals surface area contributed by atoms with Gasteiger partial charge in [-0.2, -0.15) is 0 Å². The molecule has 0 radical (unpaired) electrons. The van der Waals surface area contributed by atoms with Gasteiger partial charge in [0.2, 0.25) is 5.91 Å². The third-order valence-electron chi connectivity index (χ3n) is 5.69. The van der Waals surface area contributed by atoms with Crippen LogP contribution in [0.2, 0.25) is 0 Å². The summed E-state index contributed by atoms with van der Waals surface area (Å²) in [7, 11) is 1.80. The number of carbonyl (C=O) groups excluding carboxylic acids is 1. The molecule has 1 aliphatic rings. The van der Waals surface area contributed by atoms with Crippen molar-refractivity contribution in [3.05, 3.63) is 78.1 Å². The van der Waals surface area contributed by atoms with Gasteiger partial charge in [-0.05, 0) is 48.4 Å². The van der Waals surface area contributed by atoms with Crippen LogP contribution >= 0.6 is 11.8 Å². The van der Waals surface area contributed by atoms with Crippen LogP contribution in [0.4, 0.5) is 0 Å². The molecule has 0 bridgehead atoms. The molecule has 0 N–H and O–H groups in total. The number of fused-ring (bicyclic) bond motifs is 1. The minimum absolute atomic E-state index is 0.00727. The lowest BCUT2D eigenvalue weighted by Crippen LogP contribution is -2.28. The highest BCUT2D eigenvalue weighted by atomic mass is 32.2. The number of benzene rings is 2. The summed E-state index contributed by atoms with van der Waals surface area (Å²) < 4.78 is 13.2. The number of aryl methyl sites for hydroxylation is 1. The SMILES string of the molecule is Cc1ccccc1-n1c(SCC(=O)N(C)Cc2ccc3c(c2)OCCO3)nnc1-c1cccnc1. The van der Waals surface area contributed by atoms with E-state index in [2.05, 4.69) is 15.2 Å². The number of amides is 1. The third-order valence-corrected chi connectivity index (χ3v) is 6.60. The van der Waals surface area contributed by atoms with Crippen LogP contribution in [0, 0.1) is 6.92 Å². The Labute approximate surface area is 207 Å². The zero-order valence-electron chi connectivity index (χ0n) is 19.5. The van der Waals surface area contributed by atoms with Crippen LogP contribution < -0.4 is 9.47 Å². The van der Waals surface area contributed by atoms with Gasteiger partial charge in [0.1, 0.15) is 13.2 Å². The molecule has 1 aliphatic heterocycles. The van der Waals surface area contributed by atoms with Crippen molar-refractivity contribution in [3.63, 3.8) is 0 Å². The Kier molecular flexibility index (Phi) is 6.67. The molecule has 2 aromatic heterocycles. The number of aromatic nitrogens is 4. The van der Waals surface area contributed by atoms with Gasteiger partial charge in [-0.1, -0.05) is 36.0 Å². The zero-order valence-corrected chi connectivity index (χ0v) is 20.4. The van der Waals surface area contributed by atoms with Crippen molar-refractivity contribution in [3.8, 4) is 28.6 Å². The molecule has 2 aromatic carbocycles. The summed E-state index contributed by atoms with van der Waals surface area (Å²) in [6.07, 6.45) is 3.49. The number of pyridine rings is 1. The fourth-order valence-electron chi connectivity index (χ4n) is 3.86. The Morgan fingerprint density at radius 2 is 1.89 bits per heavy atom. The Hall–Kier alpha value is -3.85. The second-order valence-electron chi connectivity index (χ2n) is 8.19. The highest BCUT2D eigenvalue weighted by Gasteiger charge is 2.20. The molecule has 0 atom stereocenters. The Morgan fingerprint density at radius 1 is 1.06 bits per heavy atom. The van der Waals surface area contributed by atoms with Crippen molar-refractivity contribution >= 4 is 17.7 Å². The van der Waals surface area contributed by atoms with Gasteiger partial charge in [-0.25, -0.2) is 0 Å². The zero-order chi connectivity index (χ0) is 24.2. The summed E-state index contributed by atoms with van der Waals surface area (Å²) >= 11 is 1.37. The standard InChI is InChI=1S/C26H25N5O3S/c1-18-6-3-4-8-21(18)31-25(20-7-5-11-27-15-20)28-29-26(31)35-17-24(32)30(2)16-19-9-10-22-23(14-19)34-13-12-33-22/h3-11,14-15H,12-13,16-17H2,1-2H3. The van der Waals surface area contributed by atoms with E-state index in [1.54, 1.807) is 24.3 Å². The Balaban J connectivity index is 1.33. The van der Waals surface area contributed by atoms with Crippen molar-refractivity contribution in [1.82, 2.24) is 24.6 Å². The van der Waals surface area contributed by atoms with Crippen LogP contribution in [0.3, 0.4) is 0 Å². The van der Waals surface area contributed by atoms with Crippen LogP contribution in [0.5, 0.6) is 11.5 Å². The van der Waals surface area contributed by atoms with E-state index in [9.17, 15) is 4.79 Å². The molecule has 4 aromatic rings. The molecule has 0 spiro atoms. The van der Waals surface area contributed by atoms with E-state index in [1.807, 2.05) is 66.1 Å². The molecular formula is C26H25N5O3S. The first-order chi connectivity index (χ1) is 17.1. The Morgan fingerprint density at radius 3 is 2.69 bits per heavy atom. The number of nitrogens with zero attached hydrogens (tertiary/aromatic N) is 5. The number of carbonyl (C=O) groups is 1. The van der Waals surface area contributed by atoms with Gasteiger partial charge >= 0.3 is 0 Å². The minimum Gasteiger partial charge on any atom is -0.486 e. The third kappa shape index (κ3) is 5.00. The van der Waals surface area contributed by atoms with Crippen LogP contribution in [0.25, 0.3) is 17.1 Å². The van der Waals surface area contributed by atoms with Gasteiger partial charge < -0.3 is 14.4 Å². The van der Waals surface area contributed by atoms with E-state index in [0.717, 1.165) is 33.9 Å². The molecule has 0 saturated heterocycles. The first-order valence-corrected chi connectivity index (χ1v) is 12.3. The maximum atomic E-state index is 13.0. The van der Waals surface area contributed by atoms with E-state index in [1.165, 1.54) is 11.8 Å². The molecular weight excluding hydrogens is 462 g/mol. The smallest absolute Gasteiger partial charge is 0.233 e. The summed E-state index contributed by atoms with van der Waals surface area (Å²) in [6, 6.07) is 17.6. The number of hydrogen-bond donors (Lipinski definition) is 0. The lowest BCUT2D eigenvalue weighted by molar-refractivity contribution is -0.127. The number of rotatable bonds is 7. The molecule has 178 valence electrons. The number of para-hydroxylation sites is 1. The summed E-state index contributed by atoms with van der Waals surface area (Å²) in [5.74, 6) is 2.37. The quantitative estimate of drug-likeness (QED) is 0.362. The van der Waals surface area contributed by atoms with E-state index in [-0.39, 0.29) is 11.7 Å². The summed E-state index contributed by atoms with van der Waals surface area (Å²) in [5.41, 5.74) is 3.89. The van der Waals surface area contributed by atoms with Gasteiger partial charge in [-0.15, -0.1) is 10.2 Å². The van der Waals surface area contributed by atoms with Crippen LogP contribution in [-0.4, -0.2) is 56.6 Å². The first kappa shape index (κ1) is 22.9. The van der Waals surface area contributed by atoms with Crippen LogP contribution in [0.15, 0.2) is 72.1 Å². The van der Waals surface area contributed by atoms with Crippen molar-refractivity contribution in [2.45, 2.75) is 18.6 Å². The molecule has 1 amide bonds. The molecule has 0 aliphatic carbocycles. The lowest BCUT2D eigenvalue weighted by atomic mass is 10.2. The van der Waals surface area contributed by atoms with Gasteiger partial charge in [0, 0.05) is 31.5 Å². The molecule has 0 fully saturated rings. The van der Waals surface area contributed by atoms with Crippen LogP contribution in [0.1, 0.15) is 11.1 Å². The second kappa shape index (κ2) is 10.2. The second-order valence-corrected chi connectivity index (χ2v) is 9.13. The average Bonchev–Trinajstić information content (AvgIpc) is 3.31. The van der Waals surface area contributed by atoms with E-state index < -0.39 is 0 Å². The van der Waals surface area contributed by atoms with Gasteiger partial charge in [0.25, 0.3) is 0 Å². The monoisotopic (exact) mass is 487 g/mol. The number of hydrogen-bond acceptors (Lipinski definition) is 7. The van der Waals surface area contributed by atoms with Gasteiger partial charge in [-0.3, -0.25) is 14.3 Å². The molecule has 8 nitrogen and oxygen atoms in total. The summed E-state index contributed by atoms with van der Waals surface area (Å²) in [5, 5.41) is 9.51. The molecule has 3 heterocycles. The highest BCUT2D eigenvalue weighted by Crippen LogP contribution is 2.32. The molecule has 0 saturated carbocycles. The largest absolute Gasteiger partial charge is 0.486 e. The van der Waals surface area contributed by atoms with Crippen molar-refractivity contribution in [2.75, 3.05) is 26.0 Å². The van der Waals surface area contributed by atoms with Gasteiger partial charge in [0.15, 0.2) is 22.5 Å². The maximum Gasteiger partial charge on any atom is 0.233 e. The topological polar surface area (TPSA) is 82.4 Å². The summed E-state index contributed by atoms with van der Waals surface area (Å²) in [6.45, 7) is 3.60. The molecule has 9 heteroatoms. The summed E-state index contributed by atoms with van der Waals surface area (Å²) in [4.78, 5) is 18.9. The average molecular weight is 488 g/mol. The first-order valence-electron chi connectivity index (χ1n) is 11.3. The normalized spacial score (nSPS) is 12.4. The Bertz CT molecular complexity index is 1340. The van der Waals surface area contributed by atoms with Crippen molar-refractivity contribution < 1.29 is 14.3 Å². The fraction of sp³-hybridized carbons (Fsp3) is 0.231. The minimum atomic E-state index is -0.00727.